The van der Waals surface area contributed by atoms with Gasteiger partial charge in [-0.25, -0.2) is 0 Å². The zero-order valence-electron chi connectivity index (χ0n) is 16.4. The highest BCUT2D eigenvalue weighted by molar-refractivity contribution is 5.76. The summed E-state index contributed by atoms with van der Waals surface area (Å²) in [5.74, 6) is 1.42. The molecule has 7 heteroatoms. The largest absolute Gasteiger partial charge is 0.340 e. The summed E-state index contributed by atoms with van der Waals surface area (Å²) in [6, 6.07) is 8.17. The lowest BCUT2D eigenvalue weighted by Crippen LogP contribution is -2.49. The van der Waals surface area contributed by atoms with Gasteiger partial charge in [-0.05, 0) is 27.2 Å². The van der Waals surface area contributed by atoms with Gasteiger partial charge in [-0.3, -0.25) is 9.69 Å². The lowest BCUT2D eigenvalue weighted by molar-refractivity contribution is -0.133. The first-order valence-electron chi connectivity index (χ1n) is 9.62. The number of rotatable bonds is 6. The Hall–Kier alpha value is -2.25. The highest BCUT2D eigenvalue weighted by Gasteiger charge is 2.27. The second-order valence-electron chi connectivity index (χ2n) is 7.43. The fraction of sp³-hybridized carbons (Fsp3) is 0.550. The first-order chi connectivity index (χ1) is 12.9. The Morgan fingerprint density at radius 1 is 1.19 bits per heavy atom. The normalized spacial score (nSPS) is 17.7. The van der Waals surface area contributed by atoms with Crippen molar-refractivity contribution in [1.29, 1.82) is 0 Å². The van der Waals surface area contributed by atoms with E-state index in [2.05, 4.69) is 28.9 Å². The van der Waals surface area contributed by atoms with E-state index >= 15 is 0 Å². The summed E-state index contributed by atoms with van der Waals surface area (Å²) < 4.78 is 5.51. The molecule has 1 fully saturated rings. The van der Waals surface area contributed by atoms with E-state index < -0.39 is 0 Å². The lowest BCUT2D eigenvalue weighted by Gasteiger charge is -2.37. The molecular formula is C20H29N5O2. The average Bonchev–Trinajstić information content (AvgIpc) is 3.16. The van der Waals surface area contributed by atoms with E-state index in [1.807, 2.05) is 36.1 Å². The summed E-state index contributed by atoms with van der Waals surface area (Å²) in [6.45, 7) is 9.10. The van der Waals surface area contributed by atoms with Gasteiger partial charge >= 0.3 is 0 Å². The Balaban J connectivity index is 1.56. The van der Waals surface area contributed by atoms with Crippen LogP contribution < -0.4 is 5.73 Å². The molecule has 1 aromatic heterocycles. The molecule has 1 amide bonds. The Bertz CT molecular complexity index is 748. The topological polar surface area (TPSA) is 88.5 Å². The zero-order valence-corrected chi connectivity index (χ0v) is 16.4. The number of hydrogen-bond donors (Lipinski definition) is 1. The third-order valence-corrected chi connectivity index (χ3v) is 5.14. The average molecular weight is 371 g/mol. The molecule has 0 aliphatic carbocycles. The van der Waals surface area contributed by atoms with Crippen LogP contribution in [0.5, 0.6) is 0 Å². The van der Waals surface area contributed by atoms with E-state index in [9.17, 15) is 4.79 Å². The van der Waals surface area contributed by atoms with Crippen molar-refractivity contribution in [3.8, 4) is 11.4 Å². The molecule has 2 heterocycles. The molecule has 0 radical (unpaired) electrons. The minimum absolute atomic E-state index is 0.0259. The minimum Gasteiger partial charge on any atom is -0.340 e. The molecule has 1 aromatic carbocycles. The van der Waals surface area contributed by atoms with Crippen LogP contribution in [0.4, 0.5) is 0 Å². The van der Waals surface area contributed by atoms with Crippen LogP contribution in [0.15, 0.2) is 28.8 Å². The molecule has 1 aliphatic heterocycles. The smallest absolute Gasteiger partial charge is 0.244 e. The van der Waals surface area contributed by atoms with Crippen LogP contribution in [-0.2, 0) is 4.79 Å². The van der Waals surface area contributed by atoms with Crippen LogP contribution in [0.1, 0.15) is 44.2 Å². The molecule has 1 saturated heterocycles. The second-order valence-corrected chi connectivity index (χ2v) is 7.43. The van der Waals surface area contributed by atoms with Gasteiger partial charge in [-0.1, -0.05) is 35.0 Å². The Morgan fingerprint density at radius 2 is 1.85 bits per heavy atom. The van der Waals surface area contributed by atoms with Crippen molar-refractivity contribution < 1.29 is 9.32 Å². The second kappa shape index (κ2) is 8.63. The van der Waals surface area contributed by atoms with E-state index in [1.165, 1.54) is 5.56 Å². The summed E-state index contributed by atoms with van der Waals surface area (Å²) in [4.78, 5) is 21.0. The van der Waals surface area contributed by atoms with Crippen LogP contribution in [-0.4, -0.2) is 58.1 Å². The predicted octanol–water partition coefficient (Wildman–Crippen LogP) is 2.38. The Morgan fingerprint density at radius 3 is 2.48 bits per heavy atom. The molecular weight excluding hydrogens is 342 g/mol. The van der Waals surface area contributed by atoms with Crippen molar-refractivity contribution in [3.05, 3.63) is 35.7 Å². The number of aromatic nitrogens is 2. The van der Waals surface area contributed by atoms with Crippen LogP contribution in [0.25, 0.3) is 11.4 Å². The van der Waals surface area contributed by atoms with Crippen molar-refractivity contribution in [2.24, 2.45) is 5.73 Å². The quantitative estimate of drug-likeness (QED) is 0.839. The zero-order chi connectivity index (χ0) is 19.4. The summed E-state index contributed by atoms with van der Waals surface area (Å²) in [6.07, 6.45) is 1.26. The van der Waals surface area contributed by atoms with E-state index in [-0.39, 0.29) is 18.0 Å². The Kier molecular flexibility index (Phi) is 6.23. The third kappa shape index (κ3) is 4.93. The number of carbonyl (C=O) groups is 1. The van der Waals surface area contributed by atoms with Crippen LogP contribution >= 0.6 is 0 Å². The summed E-state index contributed by atoms with van der Waals surface area (Å²) in [5, 5.41) is 4.13. The van der Waals surface area contributed by atoms with Crippen LogP contribution in [0, 0.1) is 6.92 Å². The number of amides is 1. The predicted molar refractivity (Wildman–Crippen MR) is 104 cm³/mol. The fourth-order valence-electron chi connectivity index (χ4n) is 3.25. The SMILES string of the molecule is Cc1ccc(-c2noc(C(C)N3CCN(C(=O)CCC(C)N)CC3)n2)cc1. The van der Waals surface area contributed by atoms with E-state index in [0.717, 1.165) is 38.2 Å². The highest BCUT2D eigenvalue weighted by Crippen LogP contribution is 2.24. The number of hydrogen-bond acceptors (Lipinski definition) is 6. The number of carbonyl (C=O) groups excluding carboxylic acids is 1. The third-order valence-electron chi connectivity index (χ3n) is 5.14. The van der Waals surface area contributed by atoms with Crippen molar-refractivity contribution >= 4 is 5.91 Å². The van der Waals surface area contributed by atoms with Gasteiger partial charge in [-0.2, -0.15) is 4.98 Å². The van der Waals surface area contributed by atoms with Gasteiger partial charge in [-0.15, -0.1) is 0 Å². The molecule has 0 spiro atoms. The molecule has 0 bridgehead atoms. The molecule has 2 aromatic rings. The molecule has 27 heavy (non-hydrogen) atoms. The molecule has 2 N–H and O–H groups in total. The number of aryl methyl sites for hydroxylation is 1. The maximum atomic E-state index is 12.2. The molecule has 2 atom stereocenters. The van der Waals surface area contributed by atoms with Gasteiger partial charge < -0.3 is 15.2 Å². The monoisotopic (exact) mass is 371 g/mol. The van der Waals surface area contributed by atoms with E-state index in [1.54, 1.807) is 0 Å². The highest BCUT2D eigenvalue weighted by atomic mass is 16.5. The summed E-state index contributed by atoms with van der Waals surface area (Å²) in [7, 11) is 0. The number of piperazine rings is 1. The summed E-state index contributed by atoms with van der Waals surface area (Å²) in [5.41, 5.74) is 7.90. The maximum Gasteiger partial charge on any atom is 0.244 e. The lowest BCUT2D eigenvalue weighted by atomic mass is 10.1. The van der Waals surface area contributed by atoms with Crippen molar-refractivity contribution in [2.45, 2.75) is 45.7 Å². The van der Waals surface area contributed by atoms with Crippen molar-refractivity contribution in [1.82, 2.24) is 19.9 Å². The molecule has 0 saturated carbocycles. The summed E-state index contributed by atoms with van der Waals surface area (Å²) >= 11 is 0. The van der Waals surface area contributed by atoms with Crippen LogP contribution in [0.2, 0.25) is 0 Å². The van der Waals surface area contributed by atoms with Gasteiger partial charge in [0.05, 0.1) is 6.04 Å². The minimum atomic E-state index is 0.0259. The van der Waals surface area contributed by atoms with E-state index in [0.29, 0.717) is 18.1 Å². The number of benzene rings is 1. The Labute approximate surface area is 160 Å². The first kappa shape index (κ1) is 19.5. The molecule has 1 aliphatic rings. The molecule has 3 rings (SSSR count). The van der Waals surface area contributed by atoms with Gasteiger partial charge in [0.15, 0.2) is 0 Å². The first-order valence-corrected chi connectivity index (χ1v) is 9.62. The number of nitrogens with zero attached hydrogens (tertiary/aromatic N) is 4. The fourth-order valence-corrected chi connectivity index (χ4v) is 3.25. The van der Waals surface area contributed by atoms with Gasteiger partial charge in [0.25, 0.3) is 0 Å². The van der Waals surface area contributed by atoms with Crippen LogP contribution in [0.3, 0.4) is 0 Å². The molecule has 7 nitrogen and oxygen atoms in total. The van der Waals surface area contributed by atoms with Gasteiger partial charge in [0, 0.05) is 44.2 Å². The number of nitrogens with two attached hydrogens (primary N) is 1. The standard InChI is InChI=1S/C20H29N5O2/c1-14-4-7-17(8-5-14)19-22-20(27-23-19)16(3)24-10-12-25(13-11-24)18(26)9-6-15(2)21/h4-5,7-8,15-16H,6,9-13,21H2,1-3H3. The van der Waals surface area contributed by atoms with Crippen molar-refractivity contribution in [3.63, 3.8) is 0 Å². The van der Waals surface area contributed by atoms with Gasteiger partial charge in [0.2, 0.25) is 17.6 Å². The van der Waals surface area contributed by atoms with Crippen molar-refractivity contribution in [2.75, 3.05) is 26.2 Å². The maximum absolute atomic E-state index is 12.2. The molecule has 146 valence electrons. The molecule has 2 unspecified atom stereocenters. The van der Waals surface area contributed by atoms with Gasteiger partial charge in [0.1, 0.15) is 0 Å². The van der Waals surface area contributed by atoms with E-state index in [4.69, 9.17) is 10.3 Å².